The molecule has 1 heterocycles. The Labute approximate surface area is 162 Å². The summed E-state index contributed by atoms with van der Waals surface area (Å²) in [4.78, 5) is 11.8. The molecule has 0 aliphatic rings. The van der Waals surface area contributed by atoms with Gasteiger partial charge < -0.3 is 9.88 Å². The smallest absolute Gasteiger partial charge is 0.230 e. The van der Waals surface area contributed by atoms with E-state index < -0.39 is 0 Å². The van der Waals surface area contributed by atoms with Crippen molar-refractivity contribution in [3.63, 3.8) is 0 Å². The van der Waals surface area contributed by atoms with Gasteiger partial charge in [-0.1, -0.05) is 54.2 Å². The molecule has 27 heavy (non-hydrogen) atoms. The van der Waals surface area contributed by atoms with Gasteiger partial charge in [-0.05, 0) is 31.0 Å². The molecule has 1 aromatic heterocycles. The molecule has 0 saturated heterocycles. The summed E-state index contributed by atoms with van der Waals surface area (Å²) >= 11 is 1.31. The molecule has 140 valence electrons. The quantitative estimate of drug-likeness (QED) is 0.604. The third-order valence-corrected chi connectivity index (χ3v) is 4.97. The first kappa shape index (κ1) is 19.1. The molecular weight excluding hydrogens is 363 g/mol. The van der Waals surface area contributed by atoms with E-state index in [2.05, 4.69) is 27.6 Å². The molecule has 2 aromatic carbocycles. The van der Waals surface area contributed by atoms with Gasteiger partial charge in [0.15, 0.2) is 11.0 Å². The molecule has 0 unspecified atom stereocenters. The van der Waals surface area contributed by atoms with E-state index >= 15 is 0 Å². The summed E-state index contributed by atoms with van der Waals surface area (Å²) in [7, 11) is 0. The Kier molecular flexibility index (Phi) is 6.59. The number of amides is 1. The van der Waals surface area contributed by atoms with Crippen LogP contribution in [-0.2, 0) is 17.8 Å². The van der Waals surface area contributed by atoms with E-state index in [4.69, 9.17) is 0 Å². The fourth-order valence-electron chi connectivity index (χ4n) is 2.70. The van der Waals surface area contributed by atoms with Crippen LogP contribution in [0.3, 0.4) is 0 Å². The first-order valence-electron chi connectivity index (χ1n) is 8.80. The fraction of sp³-hybridized carbons (Fsp3) is 0.250. The molecular formula is C20H21FN4OS. The minimum atomic E-state index is -0.342. The standard InChI is InChI=1S/C20H21FN4OS/c1-2-22-18(26)14-27-20-24-23-19(16-10-6-7-11-17(16)21)25(20)13-12-15-8-4-3-5-9-15/h3-11H,2,12-14H2,1H3,(H,22,26). The van der Waals surface area contributed by atoms with Crippen LogP contribution in [0.5, 0.6) is 0 Å². The third-order valence-electron chi connectivity index (χ3n) is 4.00. The van der Waals surface area contributed by atoms with Crippen molar-refractivity contribution in [2.45, 2.75) is 25.0 Å². The van der Waals surface area contributed by atoms with Gasteiger partial charge in [0.25, 0.3) is 0 Å². The number of rotatable bonds is 8. The van der Waals surface area contributed by atoms with E-state index in [-0.39, 0.29) is 17.5 Å². The lowest BCUT2D eigenvalue weighted by molar-refractivity contribution is -0.118. The first-order chi connectivity index (χ1) is 13.2. The molecule has 1 amide bonds. The van der Waals surface area contributed by atoms with Crippen molar-refractivity contribution in [1.82, 2.24) is 20.1 Å². The average Bonchev–Trinajstić information content (AvgIpc) is 3.09. The summed E-state index contributed by atoms with van der Waals surface area (Å²) in [5.41, 5.74) is 1.58. The lowest BCUT2D eigenvalue weighted by Gasteiger charge is -2.11. The number of thioether (sulfide) groups is 1. The molecule has 0 saturated carbocycles. The highest BCUT2D eigenvalue weighted by Gasteiger charge is 2.18. The minimum Gasteiger partial charge on any atom is -0.356 e. The van der Waals surface area contributed by atoms with Crippen LogP contribution in [0.4, 0.5) is 4.39 Å². The number of nitrogens with one attached hydrogen (secondary N) is 1. The van der Waals surface area contributed by atoms with Gasteiger partial charge in [-0.25, -0.2) is 4.39 Å². The number of hydrogen-bond acceptors (Lipinski definition) is 4. The molecule has 0 bridgehead atoms. The zero-order valence-electron chi connectivity index (χ0n) is 15.1. The lowest BCUT2D eigenvalue weighted by atomic mass is 10.1. The molecule has 1 N–H and O–H groups in total. The average molecular weight is 384 g/mol. The van der Waals surface area contributed by atoms with Crippen molar-refractivity contribution in [2.24, 2.45) is 0 Å². The van der Waals surface area contributed by atoms with E-state index in [0.29, 0.717) is 29.6 Å². The summed E-state index contributed by atoms with van der Waals surface area (Å²) in [6, 6.07) is 16.6. The highest BCUT2D eigenvalue weighted by molar-refractivity contribution is 7.99. The number of benzene rings is 2. The van der Waals surface area contributed by atoms with Crippen molar-refractivity contribution < 1.29 is 9.18 Å². The maximum atomic E-state index is 14.3. The number of halogens is 1. The molecule has 0 atom stereocenters. The number of aryl methyl sites for hydroxylation is 1. The second-order valence-electron chi connectivity index (χ2n) is 5.92. The Morgan fingerprint density at radius 2 is 1.85 bits per heavy atom. The van der Waals surface area contributed by atoms with E-state index in [0.717, 1.165) is 6.42 Å². The molecule has 0 radical (unpaired) electrons. The molecule has 5 nitrogen and oxygen atoms in total. The van der Waals surface area contributed by atoms with Gasteiger partial charge in [0.2, 0.25) is 5.91 Å². The van der Waals surface area contributed by atoms with Gasteiger partial charge in [0, 0.05) is 13.1 Å². The van der Waals surface area contributed by atoms with E-state index in [9.17, 15) is 9.18 Å². The maximum Gasteiger partial charge on any atom is 0.230 e. The highest BCUT2D eigenvalue weighted by atomic mass is 32.2. The first-order valence-corrected chi connectivity index (χ1v) is 9.79. The predicted octanol–water partition coefficient (Wildman–Crippen LogP) is 3.56. The van der Waals surface area contributed by atoms with Gasteiger partial charge in [-0.3, -0.25) is 4.79 Å². The van der Waals surface area contributed by atoms with Gasteiger partial charge in [-0.15, -0.1) is 10.2 Å². The third kappa shape index (κ3) is 4.95. The number of nitrogens with zero attached hydrogens (tertiary/aromatic N) is 3. The van der Waals surface area contributed by atoms with E-state index in [1.165, 1.54) is 23.4 Å². The van der Waals surface area contributed by atoms with Crippen molar-refractivity contribution in [3.8, 4) is 11.4 Å². The van der Waals surface area contributed by atoms with E-state index in [1.807, 2.05) is 29.7 Å². The number of hydrogen-bond donors (Lipinski definition) is 1. The highest BCUT2D eigenvalue weighted by Crippen LogP contribution is 2.26. The van der Waals surface area contributed by atoms with Crippen LogP contribution >= 0.6 is 11.8 Å². The molecule has 0 fully saturated rings. The zero-order chi connectivity index (χ0) is 19.1. The Hall–Kier alpha value is -2.67. The number of aromatic nitrogens is 3. The van der Waals surface area contributed by atoms with Gasteiger partial charge >= 0.3 is 0 Å². The summed E-state index contributed by atoms with van der Waals surface area (Å²) in [5.74, 6) is 0.315. The summed E-state index contributed by atoms with van der Waals surface area (Å²) in [5, 5.41) is 11.8. The van der Waals surface area contributed by atoms with E-state index in [1.54, 1.807) is 18.2 Å². The van der Waals surface area contributed by atoms with Gasteiger partial charge in [0.05, 0.1) is 11.3 Å². The molecule has 3 rings (SSSR count). The van der Waals surface area contributed by atoms with Crippen molar-refractivity contribution in [3.05, 3.63) is 66.0 Å². The Balaban J connectivity index is 1.86. The molecule has 7 heteroatoms. The Morgan fingerprint density at radius 3 is 2.59 bits per heavy atom. The Morgan fingerprint density at radius 1 is 1.11 bits per heavy atom. The number of carbonyl (C=O) groups excluding carboxylic acids is 1. The van der Waals surface area contributed by atoms with Gasteiger partial charge in [-0.2, -0.15) is 0 Å². The second-order valence-corrected chi connectivity index (χ2v) is 6.86. The summed E-state index contributed by atoms with van der Waals surface area (Å²) in [6.45, 7) is 3.06. The second kappa shape index (κ2) is 9.32. The van der Waals surface area contributed by atoms with Crippen molar-refractivity contribution in [1.29, 1.82) is 0 Å². The zero-order valence-corrected chi connectivity index (χ0v) is 15.9. The molecule has 0 aliphatic carbocycles. The lowest BCUT2D eigenvalue weighted by Crippen LogP contribution is -2.24. The van der Waals surface area contributed by atoms with Crippen LogP contribution in [-0.4, -0.2) is 33.0 Å². The molecule has 0 spiro atoms. The largest absolute Gasteiger partial charge is 0.356 e. The summed E-state index contributed by atoms with van der Waals surface area (Å²) in [6.07, 6.45) is 0.759. The van der Waals surface area contributed by atoms with Crippen LogP contribution in [0.2, 0.25) is 0 Å². The van der Waals surface area contributed by atoms with Crippen LogP contribution in [0, 0.1) is 5.82 Å². The fourth-order valence-corrected chi connectivity index (χ4v) is 3.50. The topological polar surface area (TPSA) is 59.8 Å². The van der Waals surface area contributed by atoms with Crippen LogP contribution in [0.15, 0.2) is 59.8 Å². The van der Waals surface area contributed by atoms with Gasteiger partial charge in [0.1, 0.15) is 5.82 Å². The monoisotopic (exact) mass is 384 g/mol. The Bertz CT molecular complexity index is 898. The summed E-state index contributed by atoms with van der Waals surface area (Å²) < 4.78 is 16.2. The molecule has 0 aliphatic heterocycles. The minimum absolute atomic E-state index is 0.0625. The van der Waals surface area contributed by atoms with Crippen LogP contribution < -0.4 is 5.32 Å². The van der Waals surface area contributed by atoms with Crippen molar-refractivity contribution in [2.75, 3.05) is 12.3 Å². The maximum absolute atomic E-state index is 14.3. The SMILES string of the molecule is CCNC(=O)CSc1nnc(-c2ccccc2F)n1CCc1ccccc1. The van der Waals surface area contributed by atoms with Crippen LogP contribution in [0.25, 0.3) is 11.4 Å². The van der Waals surface area contributed by atoms with Crippen molar-refractivity contribution >= 4 is 17.7 Å². The van der Waals surface area contributed by atoms with Crippen LogP contribution in [0.1, 0.15) is 12.5 Å². The molecule has 3 aromatic rings. The normalized spacial score (nSPS) is 10.7. The predicted molar refractivity (Wildman–Crippen MR) is 105 cm³/mol. The number of carbonyl (C=O) groups is 1.